The predicted octanol–water partition coefficient (Wildman–Crippen LogP) is 1.90. The molecule has 0 amide bonds. The first-order chi connectivity index (χ1) is 6.70. The van der Waals surface area contributed by atoms with E-state index in [2.05, 4.69) is 11.8 Å². The Balaban J connectivity index is 2.59. The SMILES string of the molecule is CC(=O)SCC#Cc1ccccc1N. The molecule has 0 spiro atoms. The van der Waals surface area contributed by atoms with E-state index in [-0.39, 0.29) is 5.12 Å². The topological polar surface area (TPSA) is 43.1 Å². The van der Waals surface area contributed by atoms with Crippen LogP contribution in [0.5, 0.6) is 0 Å². The Morgan fingerprint density at radius 2 is 2.21 bits per heavy atom. The van der Waals surface area contributed by atoms with Gasteiger partial charge in [-0.3, -0.25) is 4.79 Å². The lowest BCUT2D eigenvalue weighted by molar-refractivity contribution is -0.109. The zero-order valence-corrected chi connectivity index (χ0v) is 8.73. The first kappa shape index (κ1) is 10.7. The molecule has 0 fully saturated rings. The number of rotatable bonds is 1. The van der Waals surface area contributed by atoms with Crippen LogP contribution in [0, 0.1) is 11.8 Å². The van der Waals surface area contributed by atoms with Gasteiger partial charge in [-0.05, 0) is 12.1 Å². The number of carbonyl (C=O) groups is 1. The maximum atomic E-state index is 10.6. The van der Waals surface area contributed by atoms with E-state index in [1.807, 2.05) is 24.3 Å². The average molecular weight is 205 g/mol. The van der Waals surface area contributed by atoms with Crippen molar-refractivity contribution in [1.82, 2.24) is 0 Å². The summed E-state index contributed by atoms with van der Waals surface area (Å²) in [6.07, 6.45) is 0. The van der Waals surface area contributed by atoms with Crippen LogP contribution in [0.3, 0.4) is 0 Å². The molecule has 0 aliphatic heterocycles. The van der Waals surface area contributed by atoms with Crippen LogP contribution in [0.15, 0.2) is 24.3 Å². The summed E-state index contributed by atoms with van der Waals surface area (Å²) in [5, 5.41) is 0.0836. The Hall–Kier alpha value is -1.40. The minimum Gasteiger partial charge on any atom is -0.398 e. The van der Waals surface area contributed by atoms with Gasteiger partial charge in [-0.25, -0.2) is 0 Å². The minimum absolute atomic E-state index is 0.0836. The van der Waals surface area contributed by atoms with Gasteiger partial charge in [0.15, 0.2) is 5.12 Å². The van der Waals surface area contributed by atoms with E-state index < -0.39 is 0 Å². The molecule has 14 heavy (non-hydrogen) atoms. The van der Waals surface area contributed by atoms with Gasteiger partial charge in [0.25, 0.3) is 0 Å². The van der Waals surface area contributed by atoms with Gasteiger partial charge >= 0.3 is 0 Å². The molecule has 2 nitrogen and oxygen atoms in total. The predicted molar refractivity (Wildman–Crippen MR) is 60.9 cm³/mol. The van der Waals surface area contributed by atoms with Crippen molar-refractivity contribution in [3.63, 3.8) is 0 Å². The Kier molecular flexibility index (Phi) is 4.09. The lowest BCUT2D eigenvalue weighted by Gasteiger charge is -1.94. The van der Waals surface area contributed by atoms with Gasteiger partial charge in [0, 0.05) is 18.2 Å². The number of thioether (sulfide) groups is 1. The molecule has 0 saturated carbocycles. The summed E-state index contributed by atoms with van der Waals surface area (Å²) in [6, 6.07) is 7.42. The van der Waals surface area contributed by atoms with Gasteiger partial charge in [0.2, 0.25) is 0 Å². The molecule has 0 radical (unpaired) electrons. The molecule has 0 aromatic heterocycles. The second kappa shape index (κ2) is 5.36. The van der Waals surface area contributed by atoms with E-state index in [4.69, 9.17) is 5.73 Å². The highest BCUT2D eigenvalue weighted by atomic mass is 32.2. The summed E-state index contributed by atoms with van der Waals surface area (Å²) in [5.74, 6) is 6.32. The molecule has 0 aliphatic rings. The van der Waals surface area contributed by atoms with Crippen LogP contribution in [0.4, 0.5) is 5.69 Å². The Morgan fingerprint density at radius 1 is 1.50 bits per heavy atom. The standard InChI is InChI=1S/C11H11NOS/c1-9(13)14-8-4-6-10-5-2-3-7-11(10)12/h2-3,5,7H,8,12H2,1H3. The molecule has 0 aliphatic carbocycles. The summed E-state index contributed by atoms with van der Waals surface area (Å²) >= 11 is 1.20. The molecular formula is C11H11NOS. The van der Waals surface area contributed by atoms with Crippen LogP contribution in [0.25, 0.3) is 0 Å². The lowest BCUT2D eigenvalue weighted by atomic mass is 10.2. The molecule has 3 heteroatoms. The van der Waals surface area contributed by atoms with E-state index in [1.54, 1.807) is 0 Å². The Bertz CT molecular complexity index is 390. The van der Waals surface area contributed by atoms with Gasteiger partial charge in [-0.15, -0.1) is 0 Å². The van der Waals surface area contributed by atoms with Crippen LogP contribution >= 0.6 is 11.8 Å². The monoisotopic (exact) mass is 205 g/mol. The quantitative estimate of drug-likeness (QED) is 0.562. The molecule has 72 valence electrons. The Morgan fingerprint density at radius 3 is 2.86 bits per heavy atom. The smallest absolute Gasteiger partial charge is 0.186 e. The normalized spacial score (nSPS) is 8.93. The number of nitrogen functional groups attached to an aromatic ring is 1. The molecule has 0 bridgehead atoms. The summed E-state index contributed by atoms with van der Waals surface area (Å²) in [4.78, 5) is 10.6. The first-order valence-corrected chi connectivity index (χ1v) is 5.15. The molecule has 1 aromatic carbocycles. The van der Waals surface area contributed by atoms with E-state index in [1.165, 1.54) is 18.7 Å². The fourth-order valence-corrected chi connectivity index (χ4v) is 1.23. The third-order valence-corrected chi connectivity index (χ3v) is 2.23. The Labute approximate surface area is 87.9 Å². The van der Waals surface area contributed by atoms with Gasteiger partial charge in [0.1, 0.15) is 0 Å². The average Bonchev–Trinajstić information content (AvgIpc) is 2.15. The third-order valence-electron chi connectivity index (χ3n) is 1.53. The van der Waals surface area contributed by atoms with Crippen molar-refractivity contribution in [2.75, 3.05) is 11.5 Å². The van der Waals surface area contributed by atoms with Gasteiger partial charge in [0.05, 0.1) is 5.75 Å². The largest absolute Gasteiger partial charge is 0.398 e. The number of hydrogen-bond donors (Lipinski definition) is 1. The number of hydrogen-bond acceptors (Lipinski definition) is 3. The number of para-hydroxylation sites is 1. The second-order valence-electron chi connectivity index (χ2n) is 2.67. The fraction of sp³-hybridized carbons (Fsp3) is 0.182. The van der Waals surface area contributed by atoms with E-state index in [0.29, 0.717) is 11.4 Å². The summed E-state index contributed by atoms with van der Waals surface area (Å²) < 4.78 is 0. The van der Waals surface area contributed by atoms with Crippen LogP contribution in [0.1, 0.15) is 12.5 Å². The number of benzene rings is 1. The van der Waals surface area contributed by atoms with Crippen molar-refractivity contribution in [2.45, 2.75) is 6.92 Å². The van der Waals surface area contributed by atoms with E-state index in [9.17, 15) is 4.79 Å². The number of anilines is 1. The van der Waals surface area contributed by atoms with Crippen molar-refractivity contribution < 1.29 is 4.79 Å². The van der Waals surface area contributed by atoms with E-state index in [0.717, 1.165) is 5.56 Å². The second-order valence-corrected chi connectivity index (χ2v) is 3.82. The van der Waals surface area contributed by atoms with Gasteiger partial charge in [-0.2, -0.15) is 0 Å². The van der Waals surface area contributed by atoms with Crippen molar-refractivity contribution >= 4 is 22.6 Å². The molecule has 0 atom stereocenters. The van der Waals surface area contributed by atoms with E-state index >= 15 is 0 Å². The van der Waals surface area contributed by atoms with Crippen LogP contribution in [-0.2, 0) is 4.79 Å². The molecule has 2 N–H and O–H groups in total. The highest BCUT2D eigenvalue weighted by molar-refractivity contribution is 8.13. The van der Waals surface area contributed by atoms with Gasteiger partial charge < -0.3 is 5.73 Å². The minimum atomic E-state index is 0.0836. The highest BCUT2D eigenvalue weighted by Gasteiger charge is 1.92. The zero-order valence-electron chi connectivity index (χ0n) is 7.91. The van der Waals surface area contributed by atoms with Crippen molar-refractivity contribution in [1.29, 1.82) is 0 Å². The summed E-state index contributed by atoms with van der Waals surface area (Å²) in [5.41, 5.74) is 7.18. The third kappa shape index (κ3) is 3.55. The summed E-state index contributed by atoms with van der Waals surface area (Å²) in [6.45, 7) is 1.53. The molecule has 0 saturated heterocycles. The molecular weight excluding hydrogens is 194 g/mol. The van der Waals surface area contributed by atoms with Crippen LogP contribution in [0.2, 0.25) is 0 Å². The fourth-order valence-electron chi connectivity index (χ4n) is 0.880. The first-order valence-electron chi connectivity index (χ1n) is 4.17. The lowest BCUT2D eigenvalue weighted by Crippen LogP contribution is -1.89. The maximum Gasteiger partial charge on any atom is 0.186 e. The molecule has 1 rings (SSSR count). The van der Waals surface area contributed by atoms with Gasteiger partial charge in [-0.1, -0.05) is 35.7 Å². The summed E-state index contributed by atoms with van der Waals surface area (Å²) in [7, 11) is 0. The van der Waals surface area contributed by atoms with Crippen LogP contribution in [-0.4, -0.2) is 10.9 Å². The highest BCUT2D eigenvalue weighted by Crippen LogP contribution is 2.08. The maximum absolute atomic E-state index is 10.6. The zero-order chi connectivity index (χ0) is 10.4. The molecule has 1 aromatic rings. The molecule has 0 unspecified atom stereocenters. The molecule has 0 heterocycles. The van der Waals surface area contributed by atoms with Crippen molar-refractivity contribution in [3.05, 3.63) is 29.8 Å². The van der Waals surface area contributed by atoms with Crippen LogP contribution < -0.4 is 5.73 Å². The van der Waals surface area contributed by atoms with Crippen molar-refractivity contribution in [3.8, 4) is 11.8 Å². The number of carbonyl (C=O) groups excluding carboxylic acids is 1. The van der Waals surface area contributed by atoms with Crippen molar-refractivity contribution in [2.24, 2.45) is 0 Å². The number of nitrogens with two attached hydrogens (primary N) is 1.